The van der Waals surface area contributed by atoms with E-state index in [0.717, 1.165) is 23.3 Å². The summed E-state index contributed by atoms with van der Waals surface area (Å²) in [5, 5.41) is 2.72. The second kappa shape index (κ2) is 10.1. The third-order valence-electron chi connectivity index (χ3n) is 4.50. The number of pyridine rings is 1. The molecule has 0 saturated heterocycles. The predicted molar refractivity (Wildman–Crippen MR) is 113 cm³/mol. The zero-order valence-electron chi connectivity index (χ0n) is 16.8. The average Bonchev–Trinajstić information content (AvgIpc) is 2.78. The highest BCUT2D eigenvalue weighted by Crippen LogP contribution is 2.24. The highest BCUT2D eigenvalue weighted by atomic mass is 32.2. The number of carbonyl (C=O) groups excluding carboxylic acids is 1. The van der Waals surface area contributed by atoms with Crippen LogP contribution in [0.3, 0.4) is 0 Å². The molecule has 1 atom stereocenters. The number of benzene rings is 2. The first kappa shape index (κ1) is 22.4. The van der Waals surface area contributed by atoms with Crippen molar-refractivity contribution < 1.29 is 22.3 Å². The third-order valence-corrected chi connectivity index (χ3v) is 5.99. The molecule has 2 N–H and O–H groups in total. The SMILES string of the molecule is COc1ccc(F)cc1S(=O)(=O)NC(Cc1ccccc1)C(=O)NCc1cccnc1. The number of halogens is 1. The minimum atomic E-state index is -4.26. The summed E-state index contributed by atoms with van der Waals surface area (Å²) in [5.74, 6) is -1.28. The van der Waals surface area contributed by atoms with Crippen LogP contribution in [0.1, 0.15) is 11.1 Å². The summed E-state index contributed by atoms with van der Waals surface area (Å²) in [6, 6.07) is 14.6. The van der Waals surface area contributed by atoms with Gasteiger partial charge in [0.1, 0.15) is 22.5 Å². The van der Waals surface area contributed by atoms with Crippen LogP contribution in [0.5, 0.6) is 5.75 Å². The standard InChI is InChI=1S/C22H22FN3O4S/c1-30-20-10-9-18(23)13-21(20)31(28,29)26-19(12-16-6-3-2-4-7-16)22(27)25-15-17-8-5-11-24-14-17/h2-11,13-14,19,26H,12,15H2,1H3,(H,25,27). The minimum Gasteiger partial charge on any atom is -0.495 e. The van der Waals surface area contributed by atoms with Crippen molar-refractivity contribution in [2.45, 2.75) is 23.9 Å². The summed E-state index contributed by atoms with van der Waals surface area (Å²) in [4.78, 5) is 16.5. The maximum absolute atomic E-state index is 13.7. The number of ether oxygens (including phenoxy) is 1. The Labute approximate surface area is 180 Å². The van der Waals surface area contributed by atoms with Crippen molar-refractivity contribution in [3.05, 3.63) is 90.0 Å². The van der Waals surface area contributed by atoms with Gasteiger partial charge in [0, 0.05) is 18.9 Å². The van der Waals surface area contributed by atoms with Crippen LogP contribution in [-0.4, -0.2) is 32.5 Å². The number of hydrogen-bond donors (Lipinski definition) is 2. The quantitative estimate of drug-likeness (QED) is 0.530. The second-order valence-corrected chi connectivity index (χ2v) is 8.42. The predicted octanol–water partition coefficient (Wildman–Crippen LogP) is 2.44. The number of nitrogens with zero attached hydrogens (tertiary/aromatic N) is 1. The zero-order valence-corrected chi connectivity index (χ0v) is 17.6. The van der Waals surface area contributed by atoms with Crippen molar-refractivity contribution in [2.75, 3.05) is 7.11 Å². The molecule has 1 heterocycles. The van der Waals surface area contributed by atoms with Gasteiger partial charge in [0.25, 0.3) is 0 Å². The van der Waals surface area contributed by atoms with E-state index in [1.807, 2.05) is 6.07 Å². The van der Waals surface area contributed by atoms with Gasteiger partial charge in [0.15, 0.2) is 0 Å². The Balaban J connectivity index is 1.85. The van der Waals surface area contributed by atoms with Crippen LogP contribution < -0.4 is 14.8 Å². The molecule has 31 heavy (non-hydrogen) atoms. The van der Waals surface area contributed by atoms with Crippen LogP contribution in [0.25, 0.3) is 0 Å². The molecule has 0 aliphatic rings. The molecular weight excluding hydrogens is 421 g/mol. The summed E-state index contributed by atoms with van der Waals surface area (Å²) in [6.45, 7) is 0.184. The normalized spacial score (nSPS) is 12.2. The van der Waals surface area contributed by atoms with Crippen LogP contribution in [-0.2, 0) is 27.8 Å². The van der Waals surface area contributed by atoms with Gasteiger partial charge in [0.05, 0.1) is 7.11 Å². The van der Waals surface area contributed by atoms with E-state index >= 15 is 0 Å². The molecule has 0 radical (unpaired) electrons. The first-order valence-corrected chi connectivity index (χ1v) is 10.9. The Morgan fingerprint density at radius 1 is 1.10 bits per heavy atom. The molecule has 9 heteroatoms. The Bertz CT molecular complexity index is 1130. The lowest BCUT2D eigenvalue weighted by molar-refractivity contribution is -0.122. The van der Waals surface area contributed by atoms with E-state index in [0.29, 0.717) is 0 Å². The van der Waals surface area contributed by atoms with Crippen molar-refractivity contribution in [3.8, 4) is 5.75 Å². The molecule has 3 aromatic rings. The van der Waals surface area contributed by atoms with Crippen LogP contribution >= 0.6 is 0 Å². The lowest BCUT2D eigenvalue weighted by atomic mass is 10.1. The van der Waals surface area contributed by atoms with Crippen molar-refractivity contribution >= 4 is 15.9 Å². The lowest BCUT2D eigenvalue weighted by Gasteiger charge is -2.20. The molecule has 1 unspecified atom stereocenters. The molecule has 0 fully saturated rings. The molecule has 0 aliphatic heterocycles. The van der Waals surface area contributed by atoms with Gasteiger partial charge in [-0.15, -0.1) is 0 Å². The van der Waals surface area contributed by atoms with Crippen LogP contribution in [0.15, 0.2) is 78.0 Å². The Morgan fingerprint density at radius 2 is 1.84 bits per heavy atom. The molecule has 3 rings (SSSR count). The number of carbonyl (C=O) groups is 1. The van der Waals surface area contributed by atoms with Gasteiger partial charge in [-0.2, -0.15) is 4.72 Å². The van der Waals surface area contributed by atoms with Gasteiger partial charge in [-0.05, 0) is 41.8 Å². The van der Waals surface area contributed by atoms with Gasteiger partial charge in [-0.25, -0.2) is 12.8 Å². The fourth-order valence-electron chi connectivity index (χ4n) is 2.96. The molecule has 0 saturated carbocycles. The number of methoxy groups -OCH3 is 1. The molecule has 0 bridgehead atoms. The van der Waals surface area contributed by atoms with Gasteiger partial charge in [-0.1, -0.05) is 36.4 Å². The zero-order chi connectivity index (χ0) is 22.3. The maximum Gasteiger partial charge on any atom is 0.245 e. The summed E-state index contributed by atoms with van der Waals surface area (Å²) in [5.41, 5.74) is 1.53. The van der Waals surface area contributed by atoms with Crippen molar-refractivity contribution in [1.29, 1.82) is 0 Å². The molecule has 0 aliphatic carbocycles. The monoisotopic (exact) mass is 443 g/mol. The smallest absolute Gasteiger partial charge is 0.245 e. The lowest BCUT2D eigenvalue weighted by Crippen LogP contribution is -2.47. The number of nitrogens with one attached hydrogen (secondary N) is 2. The van der Waals surface area contributed by atoms with E-state index < -0.39 is 27.8 Å². The highest BCUT2D eigenvalue weighted by molar-refractivity contribution is 7.89. The Hall–Kier alpha value is -3.30. The Morgan fingerprint density at radius 3 is 2.52 bits per heavy atom. The molecule has 7 nitrogen and oxygen atoms in total. The number of aromatic nitrogens is 1. The number of hydrogen-bond acceptors (Lipinski definition) is 5. The van der Waals surface area contributed by atoms with E-state index in [2.05, 4.69) is 15.0 Å². The van der Waals surface area contributed by atoms with Crippen molar-refractivity contribution in [1.82, 2.24) is 15.0 Å². The van der Waals surface area contributed by atoms with E-state index in [-0.39, 0.29) is 23.6 Å². The first-order chi connectivity index (χ1) is 14.9. The summed E-state index contributed by atoms with van der Waals surface area (Å²) in [6.07, 6.45) is 3.33. The van der Waals surface area contributed by atoms with Crippen LogP contribution in [0, 0.1) is 5.82 Å². The first-order valence-electron chi connectivity index (χ1n) is 9.45. The van der Waals surface area contributed by atoms with Crippen LogP contribution in [0.4, 0.5) is 4.39 Å². The van der Waals surface area contributed by atoms with Gasteiger partial charge < -0.3 is 10.1 Å². The van der Waals surface area contributed by atoms with E-state index in [1.165, 1.54) is 13.2 Å². The number of amides is 1. The fraction of sp³-hybridized carbons (Fsp3) is 0.182. The molecule has 0 spiro atoms. The topological polar surface area (TPSA) is 97.4 Å². The average molecular weight is 444 g/mol. The number of rotatable bonds is 9. The second-order valence-electron chi connectivity index (χ2n) is 6.74. The van der Waals surface area contributed by atoms with Crippen molar-refractivity contribution in [2.24, 2.45) is 0 Å². The fourth-order valence-corrected chi connectivity index (χ4v) is 4.34. The molecule has 2 aromatic carbocycles. The van der Waals surface area contributed by atoms with Crippen molar-refractivity contribution in [3.63, 3.8) is 0 Å². The minimum absolute atomic E-state index is 0.0249. The highest BCUT2D eigenvalue weighted by Gasteiger charge is 2.28. The summed E-state index contributed by atoms with van der Waals surface area (Å²) >= 11 is 0. The van der Waals surface area contributed by atoms with Gasteiger partial charge >= 0.3 is 0 Å². The molecule has 162 valence electrons. The van der Waals surface area contributed by atoms with Crippen LogP contribution in [0.2, 0.25) is 0 Å². The molecule has 1 aromatic heterocycles. The largest absolute Gasteiger partial charge is 0.495 e. The summed E-state index contributed by atoms with van der Waals surface area (Å²) < 4.78 is 47.2. The van der Waals surface area contributed by atoms with Gasteiger partial charge in [0.2, 0.25) is 15.9 Å². The van der Waals surface area contributed by atoms with Gasteiger partial charge in [-0.3, -0.25) is 9.78 Å². The Kier molecular flexibility index (Phi) is 7.32. The van der Waals surface area contributed by atoms with E-state index in [9.17, 15) is 17.6 Å². The van der Waals surface area contributed by atoms with E-state index in [4.69, 9.17) is 4.74 Å². The molecular formula is C22H22FN3O4S. The molecule has 1 amide bonds. The van der Waals surface area contributed by atoms with E-state index in [1.54, 1.807) is 48.8 Å². The summed E-state index contributed by atoms with van der Waals surface area (Å²) in [7, 11) is -2.97. The maximum atomic E-state index is 13.7. The number of sulfonamides is 1. The third kappa shape index (κ3) is 6.09.